The summed E-state index contributed by atoms with van der Waals surface area (Å²) in [6.07, 6.45) is 2.50. The molecule has 1 N–H and O–H groups in total. The van der Waals surface area contributed by atoms with Gasteiger partial charge in [-0.25, -0.2) is 0 Å². The third-order valence-electron chi connectivity index (χ3n) is 2.65. The molecule has 0 rings (SSSR count). The molecule has 0 saturated carbocycles. The summed E-state index contributed by atoms with van der Waals surface area (Å²) < 4.78 is 29.9. The van der Waals surface area contributed by atoms with Crippen molar-refractivity contribution in [3.63, 3.8) is 0 Å². The fraction of sp³-hybridized carbons (Fsp3) is 1.00. The molecule has 0 aromatic rings. The van der Waals surface area contributed by atoms with Crippen LogP contribution in [-0.2, 0) is 10.1 Å². The van der Waals surface area contributed by atoms with Gasteiger partial charge >= 0.3 is 0 Å². The second-order valence-corrected chi connectivity index (χ2v) is 12.0. The molecule has 0 aromatic heterocycles. The molecule has 0 heterocycles. The van der Waals surface area contributed by atoms with Crippen LogP contribution in [0.3, 0.4) is 0 Å². The van der Waals surface area contributed by atoms with E-state index in [9.17, 15) is 8.42 Å². The van der Waals surface area contributed by atoms with Gasteiger partial charge in [-0.3, -0.25) is 4.55 Å². The van der Waals surface area contributed by atoms with E-state index < -0.39 is 10.1 Å². The highest BCUT2D eigenvalue weighted by Gasteiger charge is 2.33. The lowest BCUT2D eigenvalue weighted by atomic mass is 10.2. The number of hydrogen-bond acceptors (Lipinski definition) is 2. The third kappa shape index (κ3) is 8.12. The Kier molecular flexibility index (Phi) is 6.11. The van der Waals surface area contributed by atoms with E-state index in [1.54, 1.807) is 0 Å². The number of unbranched alkanes of at least 4 members (excludes halogenated alkanes) is 1. The smallest absolute Gasteiger partial charge is 0.264 e. The lowest BCUT2D eigenvalue weighted by molar-refractivity contribution is 0.481. The van der Waals surface area contributed by atoms with Crippen LogP contribution in [0.5, 0.6) is 0 Å². The zero-order valence-corrected chi connectivity index (χ0v) is 13.7. The topological polar surface area (TPSA) is 54.4 Å². The van der Waals surface area contributed by atoms with E-state index in [1.807, 2.05) is 0 Å². The van der Waals surface area contributed by atoms with Crippen LogP contribution in [0.25, 0.3) is 0 Å². The van der Waals surface area contributed by atoms with E-state index >= 15 is 0 Å². The van der Waals surface area contributed by atoms with Crippen LogP contribution >= 0.6 is 7.92 Å². The first-order chi connectivity index (χ1) is 7.34. The van der Waals surface area contributed by atoms with E-state index in [4.69, 9.17) is 4.55 Å². The second kappa shape index (κ2) is 5.99. The number of hydrogen-bond donors (Lipinski definition) is 1. The first-order valence-corrected chi connectivity index (χ1v) is 9.20. The van der Waals surface area contributed by atoms with Gasteiger partial charge in [0.05, 0.1) is 5.75 Å². The van der Waals surface area contributed by atoms with Crippen LogP contribution in [0.15, 0.2) is 0 Å². The van der Waals surface area contributed by atoms with Crippen molar-refractivity contribution in [3.8, 4) is 0 Å². The third-order valence-corrected chi connectivity index (χ3v) is 7.46. The van der Waals surface area contributed by atoms with Gasteiger partial charge in [-0.1, -0.05) is 49.5 Å². The van der Waals surface area contributed by atoms with E-state index in [-0.39, 0.29) is 24.0 Å². The Morgan fingerprint density at radius 3 is 1.65 bits per heavy atom. The largest absolute Gasteiger partial charge is 0.286 e. The highest BCUT2D eigenvalue weighted by Crippen LogP contribution is 2.59. The van der Waals surface area contributed by atoms with Crippen molar-refractivity contribution in [2.45, 2.75) is 64.7 Å². The summed E-state index contributed by atoms with van der Waals surface area (Å²) in [6, 6.07) is 0. The quantitative estimate of drug-likeness (QED) is 0.475. The van der Waals surface area contributed by atoms with Crippen molar-refractivity contribution in [3.05, 3.63) is 0 Å². The molecule has 0 saturated heterocycles. The standard InChI is InChI=1S/C12H27O3PS/c1-11(2,3)16(12(4,5)6)9-7-8-10-17(13,14)15/h7-10H2,1-6H3,(H,13,14,15). The van der Waals surface area contributed by atoms with Crippen molar-refractivity contribution < 1.29 is 13.0 Å². The fourth-order valence-corrected chi connectivity index (χ4v) is 6.69. The highest BCUT2D eigenvalue weighted by atomic mass is 32.2. The highest BCUT2D eigenvalue weighted by molar-refractivity contribution is 7.85. The van der Waals surface area contributed by atoms with Crippen molar-refractivity contribution in [1.29, 1.82) is 0 Å². The molecule has 5 heteroatoms. The molecule has 0 aliphatic carbocycles. The Bertz CT molecular complexity index is 309. The van der Waals surface area contributed by atoms with Crippen molar-refractivity contribution in [2.24, 2.45) is 0 Å². The second-order valence-electron chi connectivity index (χ2n) is 6.49. The summed E-state index contributed by atoms with van der Waals surface area (Å²) in [5.41, 5.74) is 0. The van der Waals surface area contributed by atoms with Gasteiger partial charge in [-0.15, -0.1) is 0 Å². The molecule has 0 aliphatic heterocycles. The predicted octanol–water partition coefficient (Wildman–Crippen LogP) is 3.73. The van der Waals surface area contributed by atoms with Crippen LogP contribution in [0.4, 0.5) is 0 Å². The minimum atomic E-state index is -3.79. The molecule has 0 aromatic carbocycles. The van der Waals surface area contributed by atoms with E-state index in [2.05, 4.69) is 41.5 Å². The molecule has 0 unspecified atom stereocenters. The maximum atomic E-state index is 10.6. The van der Waals surface area contributed by atoms with Crippen molar-refractivity contribution in [2.75, 3.05) is 11.9 Å². The molecule has 0 amide bonds. The van der Waals surface area contributed by atoms with Crippen LogP contribution in [0, 0.1) is 0 Å². The molecular formula is C12H27O3PS. The van der Waals surface area contributed by atoms with Gasteiger partial charge in [0, 0.05) is 0 Å². The Balaban J connectivity index is 4.31. The van der Waals surface area contributed by atoms with Crippen LogP contribution in [0.1, 0.15) is 54.4 Å². The Labute approximate surface area is 108 Å². The van der Waals surface area contributed by atoms with Crippen LogP contribution in [0.2, 0.25) is 0 Å². The van der Waals surface area contributed by atoms with Gasteiger partial charge in [0.2, 0.25) is 0 Å². The minimum absolute atomic E-state index is 0.107. The maximum Gasteiger partial charge on any atom is 0.264 e. The van der Waals surface area contributed by atoms with Gasteiger partial charge in [0.1, 0.15) is 0 Å². The summed E-state index contributed by atoms with van der Waals surface area (Å²) in [5, 5.41) is 0.567. The van der Waals surface area contributed by atoms with E-state index in [0.29, 0.717) is 6.42 Å². The van der Waals surface area contributed by atoms with Crippen molar-refractivity contribution in [1.82, 2.24) is 0 Å². The predicted molar refractivity (Wildman–Crippen MR) is 76.9 cm³/mol. The maximum absolute atomic E-state index is 10.6. The molecule has 0 aliphatic rings. The number of rotatable bonds is 5. The summed E-state index contributed by atoms with van der Waals surface area (Å²) in [6.45, 7) is 13.5. The molecule has 17 heavy (non-hydrogen) atoms. The SMILES string of the molecule is CC(C)(C)P(CCCCS(=O)(=O)O)C(C)(C)C. The Hall–Kier alpha value is 0.340. The van der Waals surface area contributed by atoms with Crippen molar-refractivity contribution >= 4 is 18.0 Å². The Morgan fingerprint density at radius 2 is 1.35 bits per heavy atom. The zero-order chi connectivity index (χ0) is 13.9. The molecule has 0 spiro atoms. The Morgan fingerprint density at radius 1 is 0.941 bits per heavy atom. The van der Waals surface area contributed by atoms with E-state index in [0.717, 1.165) is 12.6 Å². The average molecular weight is 282 g/mol. The van der Waals surface area contributed by atoms with Gasteiger partial charge in [0.25, 0.3) is 10.1 Å². The summed E-state index contributed by atoms with van der Waals surface area (Å²) in [7, 11) is -3.95. The van der Waals surface area contributed by atoms with Gasteiger partial charge < -0.3 is 0 Å². The summed E-state index contributed by atoms with van der Waals surface area (Å²) in [4.78, 5) is 0. The van der Waals surface area contributed by atoms with E-state index in [1.165, 1.54) is 0 Å². The first kappa shape index (κ1) is 17.3. The van der Waals surface area contributed by atoms with Gasteiger partial charge in [0.15, 0.2) is 0 Å². The molecule has 0 bridgehead atoms. The first-order valence-electron chi connectivity index (χ1n) is 6.07. The monoisotopic (exact) mass is 282 g/mol. The fourth-order valence-electron chi connectivity index (χ4n) is 2.23. The van der Waals surface area contributed by atoms with Gasteiger partial charge in [-0.05, 0) is 29.3 Å². The zero-order valence-electron chi connectivity index (χ0n) is 11.9. The molecule has 0 fully saturated rings. The molecule has 0 atom stereocenters. The summed E-state index contributed by atoms with van der Waals surface area (Å²) >= 11 is 0. The lowest BCUT2D eigenvalue weighted by Gasteiger charge is -2.41. The summed E-state index contributed by atoms with van der Waals surface area (Å²) in [5.74, 6) is -0.107. The normalized spacial score (nSPS) is 14.4. The molecular weight excluding hydrogens is 255 g/mol. The molecule has 0 radical (unpaired) electrons. The molecule has 104 valence electrons. The average Bonchev–Trinajstić information content (AvgIpc) is 1.95. The van der Waals surface area contributed by atoms with Gasteiger partial charge in [-0.2, -0.15) is 8.42 Å². The van der Waals surface area contributed by atoms with Crippen LogP contribution in [-0.4, -0.2) is 35.2 Å². The van der Waals surface area contributed by atoms with Crippen LogP contribution < -0.4 is 0 Å². The minimum Gasteiger partial charge on any atom is -0.286 e. The lowest BCUT2D eigenvalue weighted by Crippen LogP contribution is -2.26. The molecule has 3 nitrogen and oxygen atoms in total.